The molecule has 0 aliphatic heterocycles. The molecule has 0 spiro atoms. The molecule has 2 rings (SSSR count). The Morgan fingerprint density at radius 1 is 1.50 bits per heavy atom. The minimum atomic E-state index is 0.811. The van der Waals surface area contributed by atoms with Crippen LogP contribution < -0.4 is 0 Å². The molecule has 1 aromatic heterocycles. The fraction of sp³-hybridized carbons (Fsp3) is 0. The number of nitrogens with zero attached hydrogens (tertiary/aromatic N) is 1. The van der Waals surface area contributed by atoms with E-state index in [-0.39, 0.29) is 0 Å². The molecule has 10 heavy (non-hydrogen) atoms. The Kier molecular flexibility index (Phi) is 1.16. The summed E-state index contributed by atoms with van der Waals surface area (Å²) in [6.07, 6.45) is 0. The Morgan fingerprint density at radius 2 is 2.40 bits per heavy atom. The summed E-state index contributed by atoms with van der Waals surface area (Å²) in [6.45, 7) is 0. The summed E-state index contributed by atoms with van der Waals surface area (Å²) in [5.41, 5.74) is 0.993. The average Bonchev–Trinajstić information content (AvgIpc) is 2.46. The minimum absolute atomic E-state index is 0.811. The van der Waals surface area contributed by atoms with Gasteiger partial charge in [-0.1, -0.05) is 12.1 Å². The molecule has 0 amide bonds. The van der Waals surface area contributed by atoms with Crippen LogP contribution in [0.2, 0.25) is 0 Å². The van der Waals surface area contributed by atoms with Crippen LogP contribution in [0.3, 0.4) is 0 Å². The van der Waals surface area contributed by atoms with Crippen LogP contribution >= 0.6 is 23.9 Å². The topological polar surface area (TPSA) is 12.9 Å². The summed E-state index contributed by atoms with van der Waals surface area (Å²) in [5, 5.41) is 0. The van der Waals surface area contributed by atoms with Crippen molar-refractivity contribution in [1.82, 2.24) is 4.98 Å². The normalized spacial score (nSPS) is 11.8. The van der Waals surface area contributed by atoms with Gasteiger partial charge in [-0.15, -0.1) is 23.9 Å². The first kappa shape index (κ1) is 5.16. The van der Waals surface area contributed by atoms with Gasteiger partial charge in [0.25, 0.3) is 0 Å². The molecule has 0 N–H and O–H groups in total. The molecule has 0 atom stereocenters. The SMILES string of the molecule is [2H]Sc1nc2ccccc2s1. The molecule has 0 fully saturated rings. The molecule has 0 saturated carbocycles. The average molecular weight is 168 g/mol. The van der Waals surface area contributed by atoms with Gasteiger partial charge in [-0.3, -0.25) is 0 Å². The summed E-state index contributed by atoms with van der Waals surface area (Å²) >= 11 is 2.51. The van der Waals surface area contributed by atoms with Crippen LogP contribution in [0, 0.1) is 0 Å². The van der Waals surface area contributed by atoms with Gasteiger partial charge in [-0.2, -0.15) is 0 Å². The van der Waals surface area contributed by atoms with E-state index in [9.17, 15) is 0 Å². The lowest BCUT2D eigenvalue weighted by Gasteiger charge is -1.80. The van der Waals surface area contributed by atoms with E-state index < -0.39 is 0 Å². The molecule has 0 aliphatic rings. The fourth-order valence-electron chi connectivity index (χ4n) is 0.851. The predicted molar refractivity (Wildman–Crippen MR) is 46.9 cm³/mol. The van der Waals surface area contributed by atoms with Crippen LogP contribution in [0.15, 0.2) is 28.6 Å². The number of benzene rings is 1. The first-order valence-electron chi connectivity index (χ1n) is 3.30. The molecule has 0 bridgehead atoms. The van der Waals surface area contributed by atoms with Crippen LogP contribution in [0.5, 0.6) is 0 Å². The van der Waals surface area contributed by atoms with Gasteiger partial charge in [0, 0.05) is 0 Å². The lowest BCUT2D eigenvalue weighted by Crippen LogP contribution is -1.63. The number of hydrogen-bond acceptors (Lipinski definition) is 3. The van der Waals surface area contributed by atoms with Crippen molar-refractivity contribution in [3.8, 4) is 0 Å². The highest BCUT2D eigenvalue weighted by molar-refractivity contribution is 7.82. The Morgan fingerprint density at radius 3 is 3.20 bits per heavy atom. The molecular formula is C7H5NS2. The number of hydrogen-bond donors (Lipinski definition) is 1. The second kappa shape index (κ2) is 2.25. The smallest absolute Gasteiger partial charge is 0.148 e. The van der Waals surface area contributed by atoms with Gasteiger partial charge in [0.1, 0.15) is 5.46 Å². The largest absolute Gasteiger partial charge is 0.230 e. The van der Waals surface area contributed by atoms with Crippen molar-refractivity contribution >= 4 is 34.1 Å². The van der Waals surface area contributed by atoms with Crippen LogP contribution in [0.25, 0.3) is 10.2 Å². The molecule has 0 unspecified atom stereocenters. The second-order valence-electron chi connectivity index (χ2n) is 1.95. The number of thiazole rings is 1. The van der Waals surface area contributed by atoms with Gasteiger partial charge in [0.15, 0.2) is 0 Å². The molecule has 1 heterocycles. The predicted octanol–water partition coefficient (Wildman–Crippen LogP) is 2.58. The fourth-order valence-corrected chi connectivity index (χ4v) is 1.92. The number of aromatic nitrogens is 1. The molecule has 50 valence electrons. The third kappa shape index (κ3) is 0.914. The first-order chi connectivity index (χ1) is 5.40. The van der Waals surface area contributed by atoms with Crippen molar-refractivity contribution in [2.75, 3.05) is 0 Å². The van der Waals surface area contributed by atoms with E-state index in [4.69, 9.17) is 1.12 Å². The van der Waals surface area contributed by atoms with Crippen LogP contribution in [-0.2, 0) is 0 Å². The van der Waals surface area contributed by atoms with Crippen molar-refractivity contribution in [2.24, 2.45) is 0 Å². The lowest BCUT2D eigenvalue weighted by atomic mass is 10.3. The maximum absolute atomic E-state index is 7.04. The van der Waals surface area contributed by atoms with Crippen molar-refractivity contribution < 1.29 is 0 Å². The Hall–Kier alpha value is -0.540. The molecule has 2 aromatic rings. The molecular weight excluding hydrogens is 162 g/mol. The minimum Gasteiger partial charge on any atom is -0.230 e. The Balaban J connectivity index is 2.69. The summed E-state index contributed by atoms with van der Waals surface area (Å²) in [6, 6.07) is 7.93. The van der Waals surface area contributed by atoms with Crippen molar-refractivity contribution in [3.05, 3.63) is 24.3 Å². The number of para-hydroxylation sites is 1. The summed E-state index contributed by atoms with van der Waals surface area (Å²) in [5.74, 6) is 0. The van der Waals surface area contributed by atoms with E-state index in [1.54, 1.807) is 11.3 Å². The third-order valence-corrected chi connectivity index (χ3v) is 2.45. The highest BCUT2D eigenvalue weighted by Gasteiger charge is 1.96. The van der Waals surface area contributed by atoms with Crippen molar-refractivity contribution in [1.29, 1.82) is 1.12 Å². The zero-order valence-corrected chi connectivity index (χ0v) is 6.71. The van der Waals surface area contributed by atoms with E-state index in [0.717, 1.165) is 27.1 Å². The summed E-state index contributed by atoms with van der Waals surface area (Å²) < 4.78 is 9.01. The lowest BCUT2D eigenvalue weighted by molar-refractivity contribution is 1.31. The molecule has 0 aliphatic carbocycles. The number of rotatable bonds is 1. The van der Waals surface area contributed by atoms with E-state index >= 15 is 0 Å². The molecule has 0 saturated heterocycles. The summed E-state index contributed by atoms with van der Waals surface area (Å²) in [4.78, 5) is 4.23. The Bertz CT molecular complexity index is 338. The van der Waals surface area contributed by atoms with Gasteiger partial charge in [0.05, 0.1) is 10.2 Å². The van der Waals surface area contributed by atoms with E-state index in [1.807, 2.05) is 24.3 Å². The van der Waals surface area contributed by atoms with Crippen LogP contribution in [0.1, 0.15) is 0 Å². The molecule has 0 radical (unpaired) electrons. The zero-order valence-electron chi connectivity index (χ0n) is 6.07. The van der Waals surface area contributed by atoms with Crippen LogP contribution in [0.4, 0.5) is 0 Å². The van der Waals surface area contributed by atoms with Crippen LogP contribution in [-0.4, -0.2) is 6.11 Å². The van der Waals surface area contributed by atoms with Gasteiger partial charge in [0.2, 0.25) is 0 Å². The van der Waals surface area contributed by atoms with Crippen molar-refractivity contribution in [3.63, 3.8) is 0 Å². The second-order valence-corrected chi connectivity index (χ2v) is 3.62. The maximum Gasteiger partial charge on any atom is 0.148 e. The van der Waals surface area contributed by atoms with E-state index in [2.05, 4.69) is 4.98 Å². The van der Waals surface area contributed by atoms with Gasteiger partial charge < -0.3 is 0 Å². The number of thiol groups is 1. The van der Waals surface area contributed by atoms with Gasteiger partial charge >= 0.3 is 0 Å². The van der Waals surface area contributed by atoms with Gasteiger partial charge in [-0.25, -0.2) is 4.98 Å². The van der Waals surface area contributed by atoms with Crippen molar-refractivity contribution in [2.45, 2.75) is 4.34 Å². The molecule has 3 heteroatoms. The first-order valence-corrected chi connectivity index (χ1v) is 4.11. The maximum atomic E-state index is 7.04. The molecule has 1 aromatic carbocycles. The zero-order chi connectivity index (χ0) is 7.68. The highest BCUT2D eigenvalue weighted by atomic mass is 32.2. The quantitative estimate of drug-likeness (QED) is 0.646. The molecule has 1 nitrogen and oxygen atoms in total. The van der Waals surface area contributed by atoms with Gasteiger partial charge in [-0.05, 0) is 12.1 Å². The monoisotopic (exact) mass is 168 g/mol. The third-order valence-electron chi connectivity index (χ3n) is 1.27. The highest BCUT2D eigenvalue weighted by Crippen LogP contribution is 2.23. The number of fused-ring (bicyclic) bond motifs is 1. The van der Waals surface area contributed by atoms with E-state index in [1.165, 1.54) is 0 Å². The standard InChI is InChI=1S/C7H5NS2/c9-7-8-5-3-1-2-4-6(5)10-7/h1-4H,(H,8,9)/i/hD. The Labute approximate surface area is 69.2 Å². The van der Waals surface area contributed by atoms with E-state index in [0.29, 0.717) is 0 Å². The summed E-state index contributed by atoms with van der Waals surface area (Å²) in [7, 11) is 0.